The number of carboxylic acid groups (broad SMARTS) is 4. The maximum absolute atomic E-state index is 11.0. The zero-order valence-electron chi connectivity index (χ0n) is 9.70. The molecule has 10 nitrogen and oxygen atoms in total. The van der Waals surface area contributed by atoms with Gasteiger partial charge in [0, 0.05) is 6.42 Å². The molecule has 0 amide bonds. The first-order valence-corrected chi connectivity index (χ1v) is 5.00. The smallest absolute Gasteiger partial charge is 0.336 e. The van der Waals surface area contributed by atoms with Crippen molar-refractivity contribution in [2.45, 2.75) is 24.9 Å². The molecule has 0 aliphatic rings. The summed E-state index contributed by atoms with van der Waals surface area (Å²) in [5.41, 5.74) is 4.55. The lowest BCUT2D eigenvalue weighted by atomic mass is 9.73. The Labute approximate surface area is 106 Å². The summed E-state index contributed by atoms with van der Waals surface area (Å²) in [6, 6.07) is 0. The quantitative estimate of drug-likeness (QED) is 0.215. The summed E-state index contributed by atoms with van der Waals surface area (Å²) < 4.78 is 0. The zero-order chi connectivity index (χ0) is 15.4. The first kappa shape index (κ1) is 16.8. The van der Waals surface area contributed by atoms with Crippen LogP contribution in [0.3, 0.4) is 0 Å². The minimum atomic E-state index is -3.45. The van der Waals surface area contributed by atoms with Gasteiger partial charge in [-0.25, -0.2) is 0 Å². The van der Waals surface area contributed by atoms with Gasteiger partial charge in [-0.3, -0.25) is 19.2 Å². The average molecular weight is 278 g/mol. The summed E-state index contributed by atoms with van der Waals surface area (Å²) in [6.45, 7) is 0. The van der Waals surface area contributed by atoms with Gasteiger partial charge in [-0.05, 0) is 12.8 Å². The highest BCUT2D eigenvalue weighted by atomic mass is 16.4. The van der Waals surface area contributed by atoms with Crippen molar-refractivity contribution in [3.8, 4) is 0 Å². The minimum absolute atomic E-state index is 0.266. The Morgan fingerprint density at radius 1 is 0.842 bits per heavy atom. The molecule has 19 heavy (non-hydrogen) atoms. The second-order valence-corrected chi connectivity index (χ2v) is 3.95. The van der Waals surface area contributed by atoms with E-state index in [1.165, 1.54) is 0 Å². The number of carbonyl (C=O) groups is 4. The summed E-state index contributed by atoms with van der Waals surface area (Å²) in [5, 5.41) is 35.0. The molecule has 0 aliphatic carbocycles. The molecule has 108 valence electrons. The molecule has 0 saturated heterocycles. The van der Waals surface area contributed by atoms with E-state index in [1.54, 1.807) is 0 Å². The Bertz CT molecular complexity index is 380. The summed E-state index contributed by atoms with van der Waals surface area (Å²) >= 11 is 0. The molecule has 10 heteroatoms. The number of hydrogen-bond acceptors (Lipinski definition) is 6. The van der Waals surface area contributed by atoms with Crippen LogP contribution in [-0.4, -0.2) is 50.0 Å². The molecule has 8 N–H and O–H groups in total. The summed E-state index contributed by atoms with van der Waals surface area (Å²) in [4.78, 5) is 43.3. The Balaban J connectivity index is 5.47. The summed E-state index contributed by atoms with van der Waals surface area (Å²) in [5.74, 6) is -7.92. The van der Waals surface area contributed by atoms with Crippen LogP contribution in [0.2, 0.25) is 0 Å². The van der Waals surface area contributed by atoms with Gasteiger partial charge < -0.3 is 31.9 Å². The molecule has 0 bridgehead atoms. The molecule has 0 aliphatic heterocycles. The predicted molar refractivity (Wildman–Crippen MR) is 57.9 cm³/mol. The van der Waals surface area contributed by atoms with Crippen molar-refractivity contribution in [2.75, 3.05) is 0 Å². The first-order chi connectivity index (χ1) is 8.50. The zero-order valence-corrected chi connectivity index (χ0v) is 9.70. The highest BCUT2D eigenvalue weighted by molar-refractivity contribution is 6.17. The van der Waals surface area contributed by atoms with Gasteiger partial charge in [0.25, 0.3) is 5.41 Å². The maximum atomic E-state index is 11.0. The number of hydrogen-bond donors (Lipinski definition) is 6. The van der Waals surface area contributed by atoms with Crippen molar-refractivity contribution in [1.82, 2.24) is 0 Å². The Kier molecular flexibility index (Phi) is 4.98. The van der Waals surface area contributed by atoms with E-state index in [0.717, 1.165) is 0 Å². The fourth-order valence-electron chi connectivity index (χ4n) is 1.59. The number of rotatable bonds is 8. The fraction of sp³-hybridized carbons (Fsp3) is 0.556. The average Bonchev–Trinajstić information content (AvgIpc) is 2.13. The highest BCUT2D eigenvalue weighted by Crippen LogP contribution is 2.31. The maximum Gasteiger partial charge on any atom is 0.336 e. The van der Waals surface area contributed by atoms with Crippen LogP contribution in [0, 0.1) is 5.41 Å². The first-order valence-electron chi connectivity index (χ1n) is 5.00. The van der Waals surface area contributed by atoms with Crippen molar-refractivity contribution in [1.29, 1.82) is 0 Å². The van der Waals surface area contributed by atoms with Crippen LogP contribution in [0.1, 0.15) is 19.3 Å². The Hall–Kier alpha value is -2.20. The van der Waals surface area contributed by atoms with Gasteiger partial charge in [0.1, 0.15) is 5.66 Å². The van der Waals surface area contributed by atoms with E-state index < -0.39 is 47.8 Å². The van der Waals surface area contributed by atoms with Crippen molar-refractivity contribution in [3.63, 3.8) is 0 Å². The molecule has 0 fully saturated rings. The SMILES string of the molecule is NC(N)(CCCC(=O)O)C(C(=O)O)(C(=O)O)C(=O)O. The molecule has 0 aromatic carbocycles. The lowest BCUT2D eigenvalue weighted by Gasteiger charge is -2.36. The third kappa shape index (κ3) is 2.98. The van der Waals surface area contributed by atoms with Crippen molar-refractivity contribution < 1.29 is 39.6 Å². The normalized spacial score (nSPS) is 11.9. The molecule has 0 unspecified atom stereocenters. The van der Waals surface area contributed by atoms with Crippen LogP contribution < -0.4 is 11.5 Å². The molecule has 0 rings (SSSR count). The van der Waals surface area contributed by atoms with Crippen LogP contribution >= 0.6 is 0 Å². The van der Waals surface area contributed by atoms with Gasteiger partial charge in [0.2, 0.25) is 0 Å². The number of aliphatic carboxylic acids is 4. The topological polar surface area (TPSA) is 201 Å². The molecular formula is C9H14N2O8. The Morgan fingerprint density at radius 2 is 1.21 bits per heavy atom. The molecule has 0 saturated carbocycles. The predicted octanol–water partition coefficient (Wildman–Crippen LogP) is -1.90. The highest BCUT2D eigenvalue weighted by Gasteiger charge is 2.65. The molecule has 0 spiro atoms. The van der Waals surface area contributed by atoms with E-state index in [1.807, 2.05) is 0 Å². The molecular weight excluding hydrogens is 264 g/mol. The van der Waals surface area contributed by atoms with E-state index in [-0.39, 0.29) is 6.42 Å². The van der Waals surface area contributed by atoms with E-state index in [2.05, 4.69) is 0 Å². The molecule has 0 heterocycles. The minimum Gasteiger partial charge on any atom is -0.481 e. The van der Waals surface area contributed by atoms with Gasteiger partial charge in [-0.2, -0.15) is 0 Å². The fourth-order valence-corrected chi connectivity index (χ4v) is 1.59. The van der Waals surface area contributed by atoms with Crippen LogP contribution in [0.25, 0.3) is 0 Å². The van der Waals surface area contributed by atoms with Crippen LogP contribution in [0.4, 0.5) is 0 Å². The van der Waals surface area contributed by atoms with Crippen LogP contribution in [0.15, 0.2) is 0 Å². The van der Waals surface area contributed by atoms with Crippen molar-refractivity contribution >= 4 is 23.9 Å². The van der Waals surface area contributed by atoms with E-state index in [9.17, 15) is 19.2 Å². The summed E-state index contributed by atoms with van der Waals surface area (Å²) in [6.07, 6.45) is -1.33. The van der Waals surface area contributed by atoms with Gasteiger partial charge in [0.15, 0.2) is 0 Å². The lowest BCUT2D eigenvalue weighted by molar-refractivity contribution is -0.182. The molecule has 0 atom stereocenters. The number of carboxylic acids is 4. The monoisotopic (exact) mass is 278 g/mol. The molecule has 0 radical (unpaired) electrons. The number of nitrogens with two attached hydrogens (primary N) is 2. The van der Waals surface area contributed by atoms with Gasteiger partial charge in [0.05, 0.1) is 0 Å². The van der Waals surface area contributed by atoms with E-state index in [4.69, 9.17) is 31.9 Å². The van der Waals surface area contributed by atoms with Crippen LogP contribution in [-0.2, 0) is 19.2 Å². The van der Waals surface area contributed by atoms with Gasteiger partial charge in [-0.15, -0.1) is 0 Å². The Morgan fingerprint density at radius 3 is 1.47 bits per heavy atom. The standard InChI is InChI=1S/C9H14N2O8/c10-8(11,3-1-2-4(12)13)9(5(14)15,6(16)17)7(18)19/h1-3,10-11H2,(H,12,13)(H,14,15)(H,16,17)(H,18,19). The largest absolute Gasteiger partial charge is 0.481 e. The second kappa shape index (κ2) is 5.63. The second-order valence-electron chi connectivity index (χ2n) is 3.95. The van der Waals surface area contributed by atoms with Crippen molar-refractivity contribution in [3.05, 3.63) is 0 Å². The van der Waals surface area contributed by atoms with Gasteiger partial charge >= 0.3 is 23.9 Å². The van der Waals surface area contributed by atoms with Gasteiger partial charge in [-0.1, -0.05) is 0 Å². The molecule has 0 aromatic heterocycles. The molecule has 0 aromatic rings. The van der Waals surface area contributed by atoms with E-state index >= 15 is 0 Å². The third-order valence-electron chi connectivity index (χ3n) is 2.64. The third-order valence-corrected chi connectivity index (χ3v) is 2.64. The van der Waals surface area contributed by atoms with Crippen LogP contribution in [0.5, 0.6) is 0 Å². The van der Waals surface area contributed by atoms with E-state index in [0.29, 0.717) is 0 Å². The van der Waals surface area contributed by atoms with Crippen molar-refractivity contribution in [2.24, 2.45) is 16.9 Å². The summed E-state index contributed by atoms with van der Waals surface area (Å²) in [7, 11) is 0. The lowest BCUT2D eigenvalue weighted by Crippen LogP contribution is -2.72.